The predicted molar refractivity (Wildman–Crippen MR) is 43.1 cm³/mol. The summed E-state index contributed by atoms with van der Waals surface area (Å²) in [5, 5.41) is 19.4. The smallest absolute Gasteiger partial charge is 0.0864 e. The number of hydrogen-bond acceptors (Lipinski definition) is 2. The van der Waals surface area contributed by atoms with Crippen molar-refractivity contribution in [2.75, 3.05) is 0 Å². The second-order valence-electron chi connectivity index (χ2n) is 4.76. The van der Waals surface area contributed by atoms with Crippen LogP contribution in [0.5, 0.6) is 0 Å². The second-order valence-corrected chi connectivity index (χ2v) is 4.76. The summed E-state index contributed by atoms with van der Waals surface area (Å²) >= 11 is 0. The normalized spacial score (nSPS) is 52.7. The van der Waals surface area contributed by atoms with Gasteiger partial charge in [0.1, 0.15) is 0 Å². The van der Waals surface area contributed by atoms with Gasteiger partial charge in [0.2, 0.25) is 0 Å². The lowest BCUT2D eigenvalue weighted by molar-refractivity contribution is -0.0240. The molecule has 3 fully saturated rings. The van der Waals surface area contributed by atoms with Gasteiger partial charge >= 0.3 is 0 Å². The van der Waals surface area contributed by atoms with Crippen molar-refractivity contribution in [2.45, 2.75) is 37.7 Å². The van der Waals surface area contributed by atoms with Crippen molar-refractivity contribution >= 4 is 0 Å². The van der Waals surface area contributed by atoms with Gasteiger partial charge in [0.15, 0.2) is 0 Å². The zero-order valence-electron chi connectivity index (χ0n) is 7.08. The summed E-state index contributed by atoms with van der Waals surface area (Å²) in [6.07, 6.45) is 5.09. The fourth-order valence-electron chi connectivity index (χ4n) is 3.10. The Balaban J connectivity index is 1.96. The molecule has 0 aromatic carbocycles. The molecule has 3 unspecified atom stereocenters. The molecule has 0 spiro atoms. The van der Waals surface area contributed by atoms with Crippen LogP contribution in [0, 0.1) is 28.6 Å². The third-order valence-electron chi connectivity index (χ3n) is 4.22. The lowest BCUT2D eigenvalue weighted by Crippen LogP contribution is -2.39. The Morgan fingerprint density at radius 2 is 2.08 bits per heavy atom. The van der Waals surface area contributed by atoms with Crippen LogP contribution in [0.3, 0.4) is 0 Å². The molecule has 0 aliphatic heterocycles. The SMILES string of the molecule is N#CC1(C2(O)CCC3CC32)CC1. The summed E-state index contributed by atoms with van der Waals surface area (Å²) in [5.41, 5.74) is -0.894. The van der Waals surface area contributed by atoms with E-state index >= 15 is 0 Å². The summed E-state index contributed by atoms with van der Waals surface area (Å²) in [5.74, 6) is 1.25. The molecule has 3 rings (SSSR count). The van der Waals surface area contributed by atoms with Gasteiger partial charge in [0.25, 0.3) is 0 Å². The maximum Gasteiger partial charge on any atom is 0.0864 e. The van der Waals surface area contributed by atoms with Gasteiger partial charge in [-0.15, -0.1) is 0 Å². The molecule has 3 atom stereocenters. The van der Waals surface area contributed by atoms with Crippen LogP contribution in [0.15, 0.2) is 0 Å². The van der Waals surface area contributed by atoms with Gasteiger partial charge in [-0.2, -0.15) is 5.26 Å². The summed E-state index contributed by atoms with van der Waals surface area (Å²) in [6, 6.07) is 2.34. The van der Waals surface area contributed by atoms with Gasteiger partial charge in [-0.1, -0.05) is 0 Å². The fourth-order valence-corrected chi connectivity index (χ4v) is 3.10. The standard InChI is InChI=1S/C10H13NO/c11-6-9(3-4-9)10(12)2-1-7-5-8(7)10/h7-8,12H,1-5H2. The van der Waals surface area contributed by atoms with Gasteiger partial charge in [-0.05, 0) is 43.9 Å². The minimum atomic E-state index is -0.577. The average molecular weight is 163 g/mol. The molecule has 0 bridgehead atoms. The average Bonchev–Trinajstić information content (AvgIpc) is 2.98. The maximum absolute atomic E-state index is 10.4. The Labute approximate surface area is 72.2 Å². The van der Waals surface area contributed by atoms with E-state index in [9.17, 15) is 5.11 Å². The van der Waals surface area contributed by atoms with Crippen LogP contribution in [-0.2, 0) is 0 Å². The zero-order valence-corrected chi connectivity index (χ0v) is 7.08. The molecule has 2 heteroatoms. The number of aliphatic hydroxyl groups is 1. The highest BCUT2D eigenvalue weighted by atomic mass is 16.3. The van der Waals surface area contributed by atoms with Gasteiger partial charge in [0, 0.05) is 0 Å². The van der Waals surface area contributed by atoms with Crippen molar-refractivity contribution in [3.63, 3.8) is 0 Å². The monoisotopic (exact) mass is 163 g/mol. The highest BCUT2D eigenvalue weighted by Gasteiger charge is 2.70. The van der Waals surface area contributed by atoms with Gasteiger partial charge < -0.3 is 5.11 Å². The van der Waals surface area contributed by atoms with E-state index in [0.717, 1.165) is 31.6 Å². The first kappa shape index (κ1) is 6.91. The molecule has 12 heavy (non-hydrogen) atoms. The molecule has 0 radical (unpaired) electrons. The third-order valence-corrected chi connectivity index (χ3v) is 4.22. The number of rotatable bonds is 1. The highest BCUT2D eigenvalue weighted by molar-refractivity contribution is 5.27. The van der Waals surface area contributed by atoms with Crippen LogP contribution < -0.4 is 0 Å². The van der Waals surface area contributed by atoms with E-state index in [2.05, 4.69) is 6.07 Å². The Hall–Kier alpha value is -0.550. The number of fused-ring (bicyclic) bond motifs is 1. The van der Waals surface area contributed by atoms with E-state index in [1.54, 1.807) is 0 Å². The third kappa shape index (κ3) is 0.569. The van der Waals surface area contributed by atoms with Gasteiger partial charge in [-0.3, -0.25) is 0 Å². The first-order chi connectivity index (χ1) is 5.72. The molecule has 0 saturated heterocycles. The quantitative estimate of drug-likeness (QED) is 0.635. The summed E-state index contributed by atoms with van der Waals surface area (Å²) in [6.45, 7) is 0. The van der Waals surface area contributed by atoms with E-state index in [4.69, 9.17) is 5.26 Å². The van der Waals surface area contributed by atoms with Crippen LogP contribution >= 0.6 is 0 Å². The highest BCUT2D eigenvalue weighted by Crippen LogP contribution is 2.69. The minimum Gasteiger partial charge on any atom is -0.388 e. The van der Waals surface area contributed by atoms with Gasteiger partial charge in [-0.25, -0.2) is 0 Å². The molecule has 3 aliphatic rings. The summed E-state index contributed by atoms with van der Waals surface area (Å²) < 4.78 is 0. The first-order valence-electron chi connectivity index (χ1n) is 4.85. The molecule has 0 amide bonds. The van der Waals surface area contributed by atoms with E-state index in [1.807, 2.05) is 0 Å². The minimum absolute atomic E-state index is 0.317. The molecule has 64 valence electrons. The van der Waals surface area contributed by atoms with Crippen molar-refractivity contribution in [3.8, 4) is 6.07 Å². The van der Waals surface area contributed by atoms with Gasteiger partial charge in [0.05, 0.1) is 17.1 Å². The molecular formula is C10H13NO. The van der Waals surface area contributed by atoms with E-state index in [1.165, 1.54) is 6.42 Å². The lowest BCUT2D eigenvalue weighted by Gasteiger charge is -2.29. The van der Waals surface area contributed by atoms with Crippen molar-refractivity contribution in [2.24, 2.45) is 17.3 Å². The Morgan fingerprint density at radius 1 is 1.33 bits per heavy atom. The van der Waals surface area contributed by atoms with E-state index in [0.29, 0.717) is 5.92 Å². The van der Waals surface area contributed by atoms with Crippen LogP contribution in [0.2, 0.25) is 0 Å². The van der Waals surface area contributed by atoms with E-state index in [-0.39, 0.29) is 5.41 Å². The largest absolute Gasteiger partial charge is 0.388 e. The first-order valence-corrected chi connectivity index (χ1v) is 4.85. The Kier molecular flexibility index (Phi) is 0.977. The fraction of sp³-hybridized carbons (Fsp3) is 0.900. The van der Waals surface area contributed by atoms with E-state index < -0.39 is 5.60 Å². The topological polar surface area (TPSA) is 44.0 Å². The molecule has 0 aromatic heterocycles. The van der Waals surface area contributed by atoms with Crippen molar-refractivity contribution in [3.05, 3.63) is 0 Å². The Bertz CT molecular complexity index is 276. The predicted octanol–water partition coefficient (Wildman–Crippen LogP) is 1.45. The number of nitrogens with zero attached hydrogens (tertiary/aromatic N) is 1. The van der Waals surface area contributed by atoms with Crippen LogP contribution in [0.4, 0.5) is 0 Å². The molecular weight excluding hydrogens is 150 g/mol. The van der Waals surface area contributed by atoms with Crippen molar-refractivity contribution in [1.82, 2.24) is 0 Å². The van der Waals surface area contributed by atoms with Crippen LogP contribution in [0.1, 0.15) is 32.1 Å². The molecule has 2 nitrogen and oxygen atoms in total. The summed E-state index contributed by atoms with van der Waals surface area (Å²) in [7, 11) is 0. The molecule has 3 aliphatic carbocycles. The molecule has 0 heterocycles. The number of hydrogen-bond donors (Lipinski definition) is 1. The van der Waals surface area contributed by atoms with Crippen molar-refractivity contribution in [1.29, 1.82) is 5.26 Å². The van der Waals surface area contributed by atoms with Crippen molar-refractivity contribution < 1.29 is 5.11 Å². The molecule has 0 aromatic rings. The molecule has 1 N–H and O–H groups in total. The Morgan fingerprint density at radius 3 is 2.42 bits per heavy atom. The maximum atomic E-state index is 10.4. The second kappa shape index (κ2) is 1.70. The van der Waals surface area contributed by atoms with Crippen LogP contribution in [0.25, 0.3) is 0 Å². The summed E-state index contributed by atoms with van der Waals surface area (Å²) in [4.78, 5) is 0. The zero-order chi connectivity index (χ0) is 8.40. The van der Waals surface area contributed by atoms with Crippen LogP contribution in [-0.4, -0.2) is 10.7 Å². The lowest BCUT2D eigenvalue weighted by atomic mass is 9.81. The number of nitriles is 1. The molecule has 3 saturated carbocycles.